The van der Waals surface area contributed by atoms with Crippen molar-refractivity contribution in [1.29, 1.82) is 0 Å². The first kappa shape index (κ1) is 22.7. The maximum Gasteiger partial charge on any atom is 0.345 e. The molecule has 7 heteroatoms. The normalized spacial score (nSPS) is 13.7. The summed E-state index contributed by atoms with van der Waals surface area (Å²) in [5.74, 6) is 0.745. The van der Waals surface area contributed by atoms with Gasteiger partial charge in [-0.15, -0.1) is 0 Å². The number of fused-ring (bicyclic) bond motifs is 2. The molecule has 35 heavy (non-hydrogen) atoms. The third kappa shape index (κ3) is 4.06. The molecule has 0 N–H and O–H groups in total. The summed E-state index contributed by atoms with van der Waals surface area (Å²) in [6, 6.07) is 15.7. The Morgan fingerprint density at radius 1 is 1.11 bits per heavy atom. The number of benzene rings is 3. The molecule has 1 aliphatic heterocycles. The summed E-state index contributed by atoms with van der Waals surface area (Å²) < 4.78 is 19.0. The van der Waals surface area contributed by atoms with E-state index >= 15 is 0 Å². The van der Waals surface area contributed by atoms with Gasteiger partial charge in [-0.3, -0.25) is 4.79 Å². The first-order valence-corrected chi connectivity index (χ1v) is 11.5. The maximum absolute atomic E-state index is 13.2. The quantitative estimate of drug-likeness (QED) is 0.183. The number of nitrogens with zero attached hydrogens (tertiary/aromatic N) is 1. The zero-order valence-corrected chi connectivity index (χ0v) is 20.2. The minimum atomic E-state index is -0.587. The predicted molar refractivity (Wildman–Crippen MR) is 135 cm³/mol. The minimum Gasteiger partial charge on any atom is -0.497 e. The molecule has 1 aromatic heterocycles. The number of ketones is 1. The molecule has 4 aromatic rings. The van der Waals surface area contributed by atoms with Gasteiger partial charge >= 0.3 is 5.97 Å². The van der Waals surface area contributed by atoms with E-state index in [-0.39, 0.29) is 22.9 Å². The second-order valence-corrected chi connectivity index (χ2v) is 8.58. The van der Waals surface area contributed by atoms with Crippen molar-refractivity contribution in [3.05, 3.63) is 93.8 Å². The summed E-state index contributed by atoms with van der Waals surface area (Å²) in [5, 5.41) is 1.26. The van der Waals surface area contributed by atoms with E-state index in [4.69, 9.17) is 25.8 Å². The van der Waals surface area contributed by atoms with Crippen LogP contribution in [0.1, 0.15) is 38.8 Å². The molecule has 0 spiro atoms. The van der Waals surface area contributed by atoms with Crippen molar-refractivity contribution >= 4 is 40.3 Å². The topological polar surface area (TPSA) is 66.8 Å². The Labute approximate surface area is 207 Å². The van der Waals surface area contributed by atoms with E-state index in [1.165, 1.54) is 0 Å². The summed E-state index contributed by atoms with van der Waals surface area (Å²) in [6.45, 7) is 4.62. The van der Waals surface area contributed by atoms with E-state index in [9.17, 15) is 9.59 Å². The Morgan fingerprint density at radius 2 is 1.91 bits per heavy atom. The number of esters is 1. The standard InChI is InChI=1S/C28H22ClNO5/c1-4-30-15-17(21-13-18(33-3)9-10-23(21)30)12-25-27(31)26-16(2)11-19(14-24(26)35-25)34-28(32)20-7-5-6-8-22(20)29/h5-15H,4H2,1-3H3/b25-12-. The molecule has 0 unspecified atom stereocenters. The van der Waals surface area contributed by atoms with Gasteiger partial charge in [0.15, 0.2) is 5.76 Å². The first-order valence-electron chi connectivity index (χ1n) is 11.1. The number of halogens is 1. The molecule has 0 amide bonds. The minimum absolute atomic E-state index is 0.204. The summed E-state index contributed by atoms with van der Waals surface area (Å²) in [4.78, 5) is 25.8. The molecule has 0 radical (unpaired) electrons. The molecule has 0 saturated heterocycles. The van der Waals surface area contributed by atoms with Crippen LogP contribution in [-0.2, 0) is 6.54 Å². The van der Waals surface area contributed by atoms with Crippen molar-refractivity contribution in [2.24, 2.45) is 0 Å². The molecule has 0 saturated carbocycles. The molecular formula is C28H22ClNO5. The Bertz CT molecular complexity index is 1530. The van der Waals surface area contributed by atoms with Crippen LogP contribution in [0.2, 0.25) is 5.02 Å². The van der Waals surface area contributed by atoms with Crippen LogP contribution in [0.25, 0.3) is 17.0 Å². The van der Waals surface area contributed by atoms with Crippen LogP contribution in [0.3, 0.4) is 0 Å². The van der Waals surface area contributed by atoms with Crippen LogP contribution < -0.4 is 14.2 Å². The average molecular weight is 488 g/mol. The lowest BCUT2D eigenvalue weighted by atomic mass is 10.0. The van der Waals surface area contributed by atoms with E-state index in [1.807, 2.05) is 24.4 Å². The number of carbonyl (C=O) groups is 2. The van der Waals surface area contributed by atoms with Gasteiger partial charge in [0.2, 0.25) is 5.78 Å². The number of aromatic nitrogens is 1. The number of allylic oxidation sites excluding steroid dienone is 1. The second-order valence-electron chi connectivity index (χ2n) is 8.18. The highest BCUT2D eigenvalue weighted by Crippen LogP contribution is 2.38. The fourth-order valence-corrected chi connectivity index (χ4v) is 4.49. The van der Waals surface area contributed by atoms with Gasteiger partial charge in [0.25, 0.3) is 0 Å². The zero-order valence-electron chi connectivity index (χ0n) is 19.4. The average Bonchev–Trinajstić information content (AvgIpc) is 3.36. The molecule has 5 rings (SSSR count). The Kier molecular flexibility index (Phi) is 5.83. The third-order valence-corrected chi connectivity index (χ3v) is 6.32. The highest BCUT2D eigenvalue weighted by Gasteiger charge is 2.31. The summed E-state index contributed by atoms with van der Waals surface area (Å²) in [5.41, 5.74) is 3.24. The lowest BCUT2D eigenvalue weighted by Crippen LogP contribution is -2.09. The van der Waals surface area contributed by atoms with Crippen LogP contribution in [0, 0.1) is 6.92 Å². The smallest absolute Gasteiger partial charge is 0.345 e. The van der Waals surface area contributed by atoms with Gasteiger partial charge in [-0.2, -0.15) is 0 Å². The van der Waals surface area contributed by atoms with E-state index in [2.05, 4.69) is 11.5 Å². The Hall–Kier alpha value is -4.03. The number of aryl methyl sites for hydroxylation is 2. The van der Waals surface area contributed by atoms with Gasteiger partial charge in [-0.25, -0.2) is 4.79 Å². The number of hydrogen-bond acceptors (Lipinski definition) is 5. The van der Waals surface area contributed by atoms with Crippen molar-refractivity contribution < 1.29 is 23.8 Å². The van der Waals surface area contributed by atoms with Gasteiger partial charge < -0.3 is 18.8 Å². The van der Waals surface area contributed by atoms with E-state index in [1.54, 1.807) is 56.5 Å². The van der Waals surface area contributed by atoms with Crippen LogP contribution >= 0.6 is 11.6 Å². The number of rotatable bonds is 5. The molecule has 1 aliphatic rings. The summed E-state index contributed by atoms with van der Waals surface area (Å²) in [6.07, 6.45) is 3.73. The molecule has 0 atom stereocenters. The first-order chi connectivity index (χ1) is 16.9. The zero-order chi connectivity index (χ0) is 24.7. The van der Waals surface area contributed by atoms with Crippen molar-refractivity contribution in [2.75, 3.05) is 7.11 Å². The van der Waals surface area contributed by atoms with E-state index < -0.39 is 5.97 Å². The van der Waals surface area contributed by atoms with Crippen molar-refractivity contribution in [2.45, 2.75) is 20.4 Å². The molecule has 176 valence electrons. The number of hydrogen-bond donors (Lipinski definition) is 0. The lowest BCUT2D eigenvalue weighted by Gasteiger charge is -2.08. The highest BCUT2D eigenvalue weighted by molar-refractivity contribution is 6.33. The Morgan fingerprint density at radius 3 is 2.66 bits per heavy atom. The fourth-order valence-electron chi connectivity index (χ4n) is 4.27. The predicted octanol–water partition coefficient (Wildman–Crippen LogP) is 6.47. The fraction of sp³-hybridized carbons (Fsp3) is 0.143. The number of ether oxygens (including phenoxy) is 3. The van der Waals surface area contributed by atoms with Crippen molar-refractivity contribution in [3.63, 3.8) is 0 Å². The van der Waals surface area contributed by atoms with Crippen LogP contribution in [-0.4, -0.2) is 23.4 Å². The monoisotopic (exact) mass is 487 g/mol. The summed E-state index contributed by atoms with van der Waals surface area (Å²) in [7, 11) is 1.62. The van der Waals surface area contributed by atoms with Crippen molar-refractivity contribution in [3.8, 4) is 17.2 Å². The highest BCUT2D eigenvalue weighted by atomic mass is 35.5. The van der Waals surface area contributed by atoms with Gasteiger partial charge in [0.05, 0.1) is 23.3 Å². The molecule has 0 fully saturated rings. The number of methoxy groups -OCH3 is 1. The van der Waals surface area contributed by atoms with Gasteiger partial charge in [-0.1, -0.05) is 23.7 Å². The largest absolute Gasteiger partial charge is 0.497 e. The van der Waals surface area contributed by atoms with Crippen molar-refractivity contribution in [1.82, 2.24) is 4.57 Å². The molecule has 0 aliphatic carbocycles. The number of carbonyl (C=O) groups excluding carboxylic acids is 2. The maximum atomic E-state index is 13.2. The van der Waals surface area contributed by atoms with Crippen LogP contribution in [0.4, 0.5) is 0 Å². The van der Waals surface area contributed by atoms with Gasteiger partial charge in [0.1, 0.15) is 17.2 Å². The molecule has 6 nitrogen and oxygen atoms in total. The summed E-state index contributed by atoms with van der Waals surface area (Å²) >= 11 is 6.11. The molecule has 0 bridgehead atoms. The second kappa shape index (κ2) is 8.96. The molecule has 2 heterocycles. The Balaban J connectivity index is 1.49. The van der Waals surface area contributed by atoms with E-state index in [0.29, 0.717) is 21.9 Å². The lowest BCUT2D eigenvalue weighted by molar-refractivity contribution is 0.0734. The van der Waals surface area contributed by atoms with Gasteiger partial charge in [-0.05, 0) is 61.9 Å². The molecule has 3 aromatic carbocycles. The SMILES string of the molecule is CCn1cc(/C=C2\Oc3cc(OC(=O)c4ccccc4Cl)cc(C)c3C2=O)c2cc(OC)ccc21. The van der Waals surface area contributed by atoms with Crippen LogP contribution in [0.5, 0.6) is 17.2 Å². The molecular weight excluding hydrogens is 466 g/mol. The van der Waals surface area contributed by atoms with Gasteiger partial charge in [0, 0.05) is 35.3 Å². The third-order valence-electron chi connectivity index (χ3n) is 5.99. The van der Waals surface area contributed by atoms with Crippen LogP contribution in [0.15, 0.2) is 66.6 Å². The number of Topliss-reactive ketones (excluding diaryl/α,β-unsaturated/α-hetero) is 1. The van der Waals surface area contributed by atoms with E-state index in [0.717, 1.165) is 28.8 Å².